The van der Waals surface area contributed by atoms with E-state index in [9.17, 15) is 9.59 Å². The molecular formula is C38H44N4O3S. The van der Waals surface area contributed by atoms with Gasteiger partial charge >= 0.3 is 0 Å². The summed E-state index contributed by atoms with van der Waals surface area (Å²) in [7, 11) is 0. The zero-order chi connectivity index (χ0) is 31.7. The first-order valence-corrected chi connectivity index (χ1v) is 17.5. The van der Waals surface area contributed by atoms with Gasteiger partial charge in [-0.05, 0) is 92.0 Å². The summed E-state index contributed by atoms with van der Waals surface area (Å²) in [6.07, 6.45) is 4.98. The Hall–Kier alpha value is -3.98. The second-order valence-electron chi connectivity index (χ2n) is 12.1. The van der Waals surface area contributed by atoms with Crippen LogP contribution in [0.1, 0.15) is 58.2 Å². The molecule has 7 nitrogen and oxygen atoms in total. The average molecular weight is 637 g/mol. The lowest BCUT2D eigenvalue weighted by molar-refractivity contribution is 0.0985. The van der Waals surface area contributed by atoms with E-state index in [-0.39, 0.29) is 11.8 Å². The number of ether oxygens (including phenoxy) is 1. The highest BCUT2D eigenvalue weighted by Gasteiger charge is 2.25. The molecule has 240 valence electrons. The second kappa shape index (κ2) is 15.5. The van der Waals surface area contributed by atoms with Crippen molar-refractivity contribution in [2.45, 2.75) is 39.0 Å². The Morgan fingerprint density at radius 1 is 0.848 bits per heavy atom. The lowest BCUT2D eigenvalue weighted by Gasteiger charge is -2.33. The van der Waals surface area contributed by atoms with Crippen LogP contribution in [0.4, 0.5) is 11.4 Å². The molecule has 4 aromatic rings. The Morgan fingerprint density at radius 3 is 2.46 bits per heavy atom. The quantitative estimate of drug-likeness (QED) is 0.173. The molecule has 0 bridgehead atoms. The zero-order valence-corrected chi connectivity index (χ0v) is 27.6. The van der Waals surface area contributed by atoms with Crippen LogP contribution in [-0.4, -0.2) is 74.0 Å². The Bertz CT molecular complexity index is 1610. The van der Waals surface area contributed by atoms with Crippen molar-refractivity contribution in [1.29, 1.82) is 0 Å². The van der Waals surface area contributed by atoms with Gasteiger partial charge in [0.15, 0.2) is 0 Å². The molecule has 0 atom stereocenters. The fourth-order valence-electron chi connectivity index (χ4n) is 6.37. The maximum atomic E-state index is 13.9. The third kappa shape index (κ3) is 7.69. The highest BCUT2D eigenvalue weighted by Crippen LogP contribution is 2.34. The number of nitrogens with zero attached hydrogens (tertiary/aromatic N) is 3. The smallest absolute Gasteiger partial charge is 0.258 e. The van der Waals surface area contributed by atoms with Crippen LogP contribution in [0, 0.1) is 0 Å². The number of likely N-dealkylation sites (N-methyl/N-ethyl adjacent to an activating group) is 1. The first kappa shape index (κ1) is 32.0. The molecule has 1 aromatic heterocycles. The van der Waals surface area contributed by atoms with Crippen LogP contribution in [0.2, 0.25) is 0 Å². The molecule has 0 aliphatic carbocycles. The zero-order valence-electron chi connectivity index (χ0n) is 26.7. The Labute approximate surface area is 276 Å². The molecule has 46 heavy (non-hydrogen) atoms. The number of carbonyl (C=O) groups is 2. The van der Waals surface area contributed by atoms with E-state index in [1.165, 1.54) is 4.88 Å². The van der Waals surface area contributed by atoms with Crippen LogP contribution >= 0.6 is 11.3 Å². The van der Waals surface area contributed by atoms with Gasteiger partial charge in [-0.1, -0.05) is 55.5 Å². The second-order valence-corrected chi connectivity index (χ2v) is 13.1. The first-order chi connectivity index (χ1) is 22.6. The molecule has 0 saturated carbocycles. The SMILES string of the molecule is CCN1CCN(CCCCOc2cc(C(=O)N3CCCCc4sccc43)ccc2NC(=O)c2ccccc2-c2ccccc2)CC1. The van der Waals surface area contributed by atoms with Crippen molar-refractivity contribution in [3.05, 3.63) is 100 Å². The summed E-state index contributed by atoms with van der Waals surface area (Å²) in [5, 5.41) is 5.18. The number of benzene rings is 3. The molecule has 1 N–H and O–H groups in total. The maximum Gasteiger partial charge on any atom is 0.258 e. The summed E-state index contributed by atoms with van der Waals surface area (Å²) in [5.41, 5.74) is 4.56. The molecule has 0 spiro atoms. The molecule has 3 aromatic carbocycles. The molecule has 2 aliphatic heterocycles. The minimum absolute atomic E-state index is 0.0371. The van der Waals surface area contributed by atoms with Crippen molar-refractivity contribution in [2.75, 3.05) is 62.6 Å². The van der Waals surface area contributed by atoms with Gasteiger partial charge in [-0.25, -0.2) is 0 Å². The van der Waals surface area contributed by atoms with Gasteiger partial charge in [0.2, 0.25) is 0 Å². The van der Waals surface area contributed by atoms with Crippen LogP contribution in [0.3, 0.4) is 0 Å². The number of aryl methyl sites for hydroxylation is 1. The van der Waals surface area contributed by atoms with Gasteiger partial charge in [0.25, 0.3) is 11.8 Å². The lowest BCUT2D eigenvalue weighted by Crippen LogP contribution is -2.46. The van der Waals surface area contributed by atoms with Crippen molar-refractivity contribution in [2.24, 2.45) is 0 Å². The molecule has 0 radical (unpaired) electrons. The molecule has 3 heterocycles. The number of nitrogens with one attached hydrogen (secondary N) is 1. The number of rotatable bonds is 11. The molecular weight excluding hydrogens is 593 g/mol. The maximum absolute atomic E-state index is 13.9. The molecule has 2 aliphatic rings. The van der Waals surface area contributed by atoms with Gasteiger partial charge in [0, 0.05) is 48.7 Å². The highest BCUT2D eigenvalue weighted by molar-refractivity contribution is 7.10. The fourth-order valence-corrected chi connectivity index (χ4v) is 7.29. The van der Waals surface area contributed by atoms with Gasteiger partial charge in [-0.3, -0.25) is 9.59 Å². The van der Waals surface area contributed by atoms with Crippen LogP contribution in [0.15, 0.2) is 84.2 Å². The Kier molecular flexibility index (Phi) is 10.8. The predicted molar refractivity (Wildman–Crippen MR) is 188 cm³/mol. The van der Waals surface area contributed by atoms with Crippen molar-refractivity contribution >= 4 is 34.5 Å². The average Bonchev–Trinajstić information content (AvgIpc) is 3.47. The van der Waals surface area contributed by atoms with Crippen molar-refractivity contribution in [1.82, 2.24) is 9.80 Å². The van der Waals surface area contributed by atoms with Crippen molar-refractivity contribution in [3.8, 4) is 16.9 Å². The number of piperazine rings is 1. The number of carbonyl (C=O) groups excluding carboxylic acids is 2. The van der Waals surface area contributed by atoms with Gasteiger partial charge in [0.1, 0.15) is 5.75 Å². The minimum Gasteiger partial charge on any atom is -0.491 e. The molecule has 6 rings (SSSR count). The first-order valence-electron chi connectivity index (χ1n) is 16.7. The van der Waals surface area contributed by atoms with Gasteiger partial charge in [-0.2, -0.15) is 0 Å². The summed E-state index contributed by atoms with van der Waals surface area (Å²) in [6.45, 7) is 10.1. The topological polar surface area (TPSA) is 65.1 Å². The molecule has 1 fully saturated rings. The minimum atomic E-state index is -0.218. The van der Waals surface area contributed by atoms with E-state index < -0.39 is 0 Å². The van der Waals surface area contributed by atoms with E-state index in [0.717, 1.165) is 88.2 Å². The summed E-state index contributed by atoms with van der Waals surface area (Å²) in [4.78, 5) is 35.8. The third-order valence-electron chi connectivity index (χ3n) is 9.07. The predicted octanol–water partition coefficient (Wildman–Crippen LogP) is 7.45. The molecule has 0 unspecified atom stereocenters. The van der Waals surface area contributed by atoms with E-state index in [2.05, 4.69) is 33.5 Å². The van der Waals surface area contributed by atoms with Crippen LogP contribution in [-0.2, 0) is 6.42 Å². The number of hydrogen-bond donors (Lipinski definition) is 1. The van der Waals surface area contributed by atoms with E-state index in [4.69, 9.17) is 4.74 Å². The summed E-state index contributed by atoms with van der Waals surface area (Å²) < 4.78 is 6.36. The number of anilines is 2. The van der Waals surface area contributed by atoms with Crippen LogP contribution < -0.4 is 15.0 Å². The third-order valence-corrected chi connectivity index (χ3v) is 10.0. The number of unbranched alkanes of at least 4 members (excludes halogenated alkanes) is 1. The normalized spacial score (nSPS) is 15.6. The molecule has 8 heteroatoms. The van der Waals surface area contributed by atoms with E-state index in [0.29, 0.717) is 35.7 Å². The van der Waals surface area contributed by atoms with E-state index >= 15 is 0 Å². The largest absolute Gasteiger partial charge is 0.491 e. The number of thiophene rings is 1. The summed E-state index contributed by atoms with van der Waals surface area (Å²) in [5.74, 6) is 0.267. The van der Waals surface area contributed by atoms with Crippen LogP contribution in [0.5, 0.6) is 5.75 Å². The van der Waals surface area contributed by atoms with Crippen LogP contribution in [0.25, 0.3) is 11.1 Å². The van der Waals surface area contributed by atoms with Gasteiger partial charge < -0.3 is 24.8 Å². The van der Waals surface area contributed by atoms with Gasteiger partial charge in [0.05, 0.1) is 18.0 Å². The summed E-state index contributed by atoms with van der Waals surface area (Å²) >= 11 is 1.72. The standard InChI is InChI=1S/C38H44N4O3S/c1-2-40-22-24-41(25-23-40)20-10-11-26-45-35-28-30(38(44)42-21-9-8-16-36-34(42)19-27-46-36)17-18-33(35)39-37(43)32-15-7-6-14-31(32)29-12-4-3-5-13-29/h3-7,12-15,17-19,27-28H,2,8-11,16,20-26H2,1H3,(H,39,43). The van der Waals surface area contributed by atoms with Crippen molar-refractivity contribution < 1.29 is 14.3 Å². The number of hydrogen-bond acceptors (Lipinski definition) is 6. The number of amides is 2. The van der Waals surface area contributed by atoms with E-state index in [1.807, 2.05) is 71.6 Å². The van der Waals surface area contributed by atoms with E-state index in [1.54, 1.807) is 17.4 Å². The van der Waals surface area contributed by atoms with Gasteiger partial charge in [-0.15, -0.1) is 11.3 Å². The van der Waals surface area contributed by atoms with Crippen molar-refractivity contribution in [3.63, 3.8) is 0 Å². The lowest BCUT2D eigenvalue weighted by atomic mass is 9.99. The highest BCUT2D eigenvalue weighted by atomic mass is 32.1. The Morgan fingerprint density at radius 2 is 1.63 bits per heavy atom. The number of fused-ring (bicyclic) bond motifs is 1. The summed E-state index contributed by atoms with van der Waals surface area (Å²) in [6, 6.07) is 25.0. The molecule has 1 saturated heterocycles. The molecule has 2 amide bonds. The monoisotopic (exact) mass is 636 g/mol. The fraction of sp³-hybridized carbons (Fsp3) is 0.368. The Balaban J connectivity index is 1.19.